The predicted octanol–water partition coefficient (Wildman–Crippen LogP) is 2.26. The molecule has 14 heavy (non-hydrogen) atoms. The van der Waals surface area contributed by atoms with E-state index in [9.17, 15) is 5.11 Å². The van der Waals surface area contributed by atoms with E-state index in [4.69, 9.17) is 5.84 Å². The maximum absolute atomic E-state index is 9.52. The number of phenolic OH excluding ortho intramolecular Hbond substituents is 1. The van der Waals surface area contributed by atoms with E-state index in [0.29, 0.717) is 5.69 Å². The van der Waals surface area contributed by atoms with E-state index >= 15 is 0 Å². The predicted molar refractivity (Wildman–Crippen MR) is 59.2 cm³/mol. The maximum atomic E-state index is 9.52. The number of hydrogen-bond donors (Lipinski definition) is 2. The summed E-state index contributed by atoms with van der Waals surface area (Å²) in [5.74, 6) is 6.05. The molecule has 0 bridgehead atoms. The molecule has 0 saturated carbocycles. The molecular formula is C11H18N2O. The Bertz CT molecular complexity index is 276. The number of nitrogens with zero attached hydrogens (tertiary/aromatic N) is 1. The van der Waals surface area contributed by atoms with Crippen LogP contribution in [0, 0.1) is 0 Å². The van der Waals surface area contributed by atoms with E-state index in [0.717, 1.165) is 13.0 Å². The molecule has 0 radical (unpaired) electrons. The molecule has 3 nitrogen and oxygen atoms in total. The molecule has 0 amide bonds. The topological polar surface area (TPSA) is 49.5 Å². The van der Waals surface area contributed by atoms with Crippen LogP contribution in [0.1, 0.15) is 26.2 Å². The average molecular weight is 194 g/mol. The molecule has 0 saturated heterocycles. The Balaban J connectivity index is 2.51. The summed E-state index contributed by atoms with van der Waals surface area (Å²) >= 11 is 0. The van der Waals surface area contributed by atoms with Crippen LogP contribution in [-0.4, -0.2) is 11.7 Å². The van der Waals surface area contributed by atoms with Crippen molar-refractivity contribution in [2.45, 2.75) is 26.2 Å². The highest BCUT2D eigenvalue weighted by molar-refractivity contribution is 5.56. The van der Waals surface area contributed by atoms with E-state index in [-0.39, 0.29) is 5.75 Å². The largest absolute Gasteiger partial charge is 0.506 e. The van der Waals surface area contributed by atoms with Crippen LogP contribution in [0.15, 0.2) is 24.3 Å². The quantitative estimate of drug-likeness (QED) is 0.429. The molecule has 1 aromatic carbocycles. The van der Waals surface area contributed by atoms with Gasteiger partial charge in [0.1, 0.15) is 5.75 Å². The molecular weight excluding hydrogens is 176 g/mol. The average Bonchev–Trinajstić information content (AvgIpc) is 2.18. The first-order chi connectivity index (χ1) is 6.75. The van der Waals surface area contributed by atoms with E-state index in [2.05, 4.69) is 6.92 Å². The smallest absolute Gasteiger partial charge is 0.140 e. The highest BCUT2D eigenvalue weighted by atomic mass is 16.3. The summed E-state index contributed by atoms with van der Waals surface area (Å²) in [5, 5.41) is 11.1. The van der Waals surface area contributed by atoms with Crippen LogP contribution >= 0.6 is 0 Å². The van der Waals surface area contributed by atoms with Gasteiger partial charge in [-0.2, -0.15) is 0 Å². The standard InChI is InChI=1S/C11H18N2O/c1-2-3-6-9-13(12)10-7-4-5-8-11(10)14/h4-5,7-8,14H,2-3,6,9,12H2,1H3. The van der Waals surface area contributed by atoms with Crippen molar-refractivity contribution in [3.8, 4) is 5.75 Å². The number of nitrogens with two attached hydrogens (primary N) is 1. The molecule has 0 aliphatic heterocycles. The first kappa shape index (κ1) is 10.9. The lowest BCUT2D eigenvalue weighted by molar-refractivity contribution is 0.473. The van der Waals surface area contributed by atoms with E-state index < -0.39 is 0 Å². The van der Waals surface area contributed by atoms with Gasteiger partial charge in [-0.05, 0) is 18.6 Å². The number of benzene rings is 1. The maximum Gasteiger partial charge on any atom is 0.140 e. The van der Waals surface area contributed by atoms with Gasteiger partial charge in [-0.3, -0.25) is 0 Å². The third-order valence-electron chi connectivity index (χ3n) is 2.19. The van der Waals surface area contributed by atoms with Crippen molar-refractivity contribution in [2.24, 2.45) is 5.84 Å². The second-order valence-electron chi connectivity index (χ2n) is 3.39. The molecule has 3 N–H and O–H groups in total. The summed E-state index contributed by atoms with van der Waals surface area (Å²) in [5.41, 5.74) is 0.698. The van der Waals surface area contributed by atoms with Crippen molar-refractivity contribution >= 4 is 5.69 Å². The van der Waals surface area contributed by atoms with Crippen LogP contribution in [0.4, 0.5) is 5.69 Å². The zero-order valence-corrected chi connectivity index (χ0v) is 8.61. The summed E-state index contributed by atoms with van der Waals surface area (Å²) in [6.07, 6.45) is 3.40. The Labute approximate surface area is 85.1 Å². The molecule has 0 aliphatic carbocycles. The van der Waals surface area contributed by atoms with Crippen LogP contribution in [0.5, 0.6) is 5.75 Å². The number of hydrazine groups is 1. The van der Waals surface area contributed by atoms with Crippen molar-refractivity contribution in [2.75, 3.05) is 11.6 Å². The third-order valence-corrected chi connectivity index (χ3v) is 2.19. The van der Waals surface area contributed by atoms with Gasteiger partial charge in [0, 0.05) is 6.54 Å². The molecule has 78 valence electrons. The Morgan fingerprint density at radius 2 is 2.00 bits per heavy atom. The van der Waals surface area contributed by atoms with Crippen molar-refractivity contribution in [3.63, 3.8) is 0 Å². The lowest BCUT2D eigenvalue weighted by Gasteiger charge is -2.19. The lowest BCUT2D eigenvalue weighted by Crippen LogP contribution is -2.31. The molecule has 0 unspecified atom stereocenters. The SMILES string of the molecule is CCCCCN(N)c1ccccc1O. The number of para-hydroxylation sites is 2. The van der Waals surface area contributed by atoms with Crippen molar-refractivity contribution in [3.05, 3.63) is 24.3 Å². The number of anilines is 1. The zero-order valence-electron chi connectivity index (χ0n) is 8.61. The number of rotatable bonds is 5. The van der Waals surface area contributed by atoms with E-state index in [1.54, 1.807) is 17.1 Å². The van der Waals surface area contributed by atoms with Crippen LogP contribution in [0.3, 0.4) is 0 Å². The van der Waals surface area contributed by atoms with Gasteiger partial charge in [0.25, 0.3) is 0 Å². The minimum Gasteiger partial charge on any atom is -0.506 e. The van der Waals surface area contributed by atoms with Crippen LogP contribution in [0.25, 0.3) is 0 Å². The Morgan fingerprint density at radius 1 is 1.29 bits per heavy atom. The highest BCUT2D eigenvalue weighted by Crippen LogP contribution is 2.24. The first-order valence-corrected chi connectivity index (χ1v) is 5.06. The van der Waals surface area contributed by atoms with E-state index in [1.807, 2.05) is 12.1 Å². The molecule has 1 aromatic rings. The highest BCUT2D eigenvalue weighted by Gasteiger charge is 2.04. The summed E-state index contributed by atoms with van der Waals surface area (Å²) in [4.78, 5) is 0. The number of unbranched alkanes of at least 4 members (excludes halogenated alkanes) is 2. The zero-order chi connectivity index (χ0) is 10.4. The number of aromatic hydroxyl groups is 1. The molecule has 0 heterocycles. The van der Waals surface area contributed by atoms with Gasteiger partial charge in [-0.15, -0.1) is 0 Å². The van der Waals surface area contributed by atoms with Crippen LogP contribution in [0.2, 0.25) is 0 Å². The van der Waals surface area contributed by atoms with Gasteiger partial charge in [-0.1, -0.05) is 31.9 Å². The van der Waals surface area contributed by atoms with Gasteiger partial charge in [0.2, 0.25) is 0 Å². The summed E-state index contributed by atoms with van der Waals surface area (Å²) in [6, 6.07) is 7.13. The van der Waals surface area contributed by atoms with Gasteiger partial charge in [-0.25, -0.2) is 5.84 Å². The molecule has 0 atom stereocenters. The summed E-state index contributed by atoms with van der Waals surface area (Å²) in [7, 11) is 0. The van der Waals surface area contributed by atoms with Gasteiger partial charge < -0.3 is 10.1 Å². The van der Waals surface area contributed by atoms with Gasteiger partial charge in [0.15, 0.2) is 0 Å². The molecule has 3 heteroatoms. The van der Waals surface area contributed by atoms with E-state index in [1.165, 1.54) is 12.8 Å². The fourth-order valence-electron chi connectivity index (χ4n) is 1.36. The van der Waals surface area contributed by atoms with Crippen molar-refractivity contribution in [1.29, 1.82) is 0 Å². The summed E-state index contributed by atoms with van der Waals surface area (Å²) < 4.78 is 0. The molecule has 0 aromatic heterocycles. The fourth-order valence-corrected chi connectivity index (χ4v) is 1.36. The van der Waals surface area contributed by atoms with Gasteiger partial charge in [0.05, 0.1) is 5.69 Å². The minimum absolute atomic E-state index is 0.242. The lowest BCUT2D eigenvalue weighted by atomic mass is 10.2. The second kappa shape index (κ2) is 5.50. The Morgan fingerprint density at radius 3 is 2.64 bits per heavy atom. The normalized spacial score (nSPS) is 10.1. The van der Waals surface area contributed by atoms with Crippen LogP contribution < -0.4 is 10.9 Å². The summed E-state index contributed by atoms with van der Waals surface area (Å²) in [6.45, 7) is 2.94. The molecule has 0 aliphatic rings. The fraction of sp³-hybridized carbons (Fsp3) is 0.455. The number of phenols is 1. The minimum atomic E-state index is 0.242. The first-order valence-electron chi connectivity index (χ1n) is 5.06. The molecule has 0 spiro atoms. The Hall–Kier alpha value is -1.22. The van der Waals surface area contributed by atoms with Gasteiger partial charge >= 0.3 is 0 Å². The van der Waals surface area contributed by atoms with Crippen molar-refractivity contribution in [1.82, 2.24) is 0 Å². The molecule has 0 fully saturated rings. The number of hydrogen-bond acceptors (Lipinski definition) is 3. The molecule has 1 rings (SSSR count). The monoisotopic (exact) mass is 194 g/mol. The Kier molecular flexibility index (Phi) is 4.26. The third kappa shape index (κ3) is 2.92. The van der Waals surface area contributed by atoms with Crippen molar-refractivity contribution < 1.29 is 5.11 Å². The van der Waals surface area contributed by atoms with Crippen LogP contribution in [-0.2, 0) is 0 Å². The second-order valence-corrected chi connectivity index (χ2v) is 3.39.